The number of nitrogens with two attached hydrogens (primary N) is 1. The Balaban J connectivity index is 1.36. The van der Waals surface area contributed by atoms with Crippen molar-refractivity contribution in [2.75, 3.05) is 23.7 Å². The summed E-state index contributed by atoms with van der Waals surface area (Å²) in [6.07, 6.45) is 4.20. The summed E-state index contributed by atoms with van der Waals surface area (Å²) < 4.78 is 0. The van der Waals surface area contributed by atoms with Gasteiger partial charge >= 0.3 is 0 Å². The van der Waals surface area contributed by atoms with E-state index in [1.54, 1.807) is 6.33 Å². The highest BCUT2D eigenvalue weighted by Crippen LogP contribution is 2.40. The highest BCUT2D eigenvalue weighted by molar-refractivity contribution is 5.87. The molecule has 2 aromatic heterocycles. The topological polar surface area (TPSA) is 113 Å². The van der Waals surface area contributed by atoms with E-state index < -0.39 is 0 Å². The van der Waals surface area contributed by atoms with E-state index in [1.165, 1.54) is 0 Å². The Morgan fingerprint density at radius 3 is 2.70 bits per heavy atom. The van der Waals surface area contributed by atoms with Gasteiger partial charge in [-0.05, 0) is 24.8 Å². The van der Waals surface area contributed by atoms with Crippen LogP contribution in [0.2, 0.25) is 0 Å². The van der Waals surface area contributed by atoms with Crippen molar-refractivity contribution in [3.63, 3.8) is 0 Å². The summed E-state index contributed by atoms with van der Waals surface area (Å²) in [6.45, 7) is 1.60. The largest absolute Gasteiger partial charge is 0.368 e. The van der Waals surface area contributed by atoms with Gasteiger partial charge in [-0.15, -0.1) is 0 Å². The van der Waals surface area contributed by atoms with Crippen LogP contribution < -0.4 is 16.0 Å². The van der Waals surface area contributed by atoms with Crippen LogP contribution >= 0.6 is 0 Å². The lowest BCUT2D eigenvalue weighted by atomic mass is 9.82. The van der Waals surface area contributed by atoms with Crippen molar-refractivity contribution in [3.05, 3.63) is 42.2 Å². The first-order chi connectivity index (χ1) is 13.1. The molecule has 0 unspecified atom stereocenters. The Kier molecular flexibility index (Phi) is 3.53. The van der Waals surface area contributed by atoms with Gasteiger partial charge in [0, 0.05) is 18.6 Å². The molecule has 1 atom stereocenters. The van der Waals surface area contributed by atoms with Crippen LogP contribution in [0.15, 0.2) is 36.7 Å². The smallest absolute Gasteiger partial charge is 0.228 e. The number of fused-ring (bicyclic) bond motifs is 1. The molecule has 1 spiro atoms. The first-order valence-corrected chi connectivity index (χ1v) is 9.22. The summed E-state index contributed by atoms with van der Waals surface area (Å²) >= 11 is 0. The Morgan fingerprint density at radius 1 is 1.15 bits per heavy atom. The zero-order chi connectivity index (χ0) is 18.4. The lowest BCUT2D eigenvalue weighted by molar-refractivity contribution is -0.121. The number of carbonyl (C=O) groups excluding carboxylic acids is 1. The molecule has 2 aliphatic rings. The van der Waals surface area contributed by atoms with E-state index in [9.17, 15) is 4.79 Å². The number of nitrogens with one attached hydrogen (secondary N) is 2. The van der Waals surface area contributed by atoms with Gasteiger partial charge in [-0.2, -0.15) is 9.97 Å². The van der Waals surface area contributed by atoms with Crippen LogP contribution in [0.4, 0.5) is 11.8 Å². The minimum absolute atomic E-state index is 0.0632. The van der Waals surface area contributed by atoms with Crippen molar-refractivity contribution in [2.24, 2.45) is 0 Å². The predicted octanol–water partition coefficient (Wildman–Crippen LogP) is 1.58. The van der Waals surface area contributed by atoms with Crippen LogP contribution in [0.5, 0.6) is 0 Å². The maximum Gasteiger partial charge on any atom is 0.228 e. The van der Waals surface area contributed by atoms with E-state index in [-0.39, 0.29) is 23.3 Å². The molecule has 2 saturated heterocycles. The third-order valence-corrected chi connectivity index (χ3v) is 5.81. The average Bonchev–Trinajstić information content (AvgIpc) is 3.27. The minimum atomic E-state index is -0.139. The van der Waals surface area contributed by atoms with Crippen LogP contribution in [0, 0.1) is 0 Å². The van der Waals surface area contributed by atoms with E-state index in [2.05, 4.69) is 30.2 Å². The van der Waals surface area contributed by atoms with Crippen molar-refractivity contribution in [2.45, 2.75) is 30.7 Å². The van der Waals surface area contributed by atoms with Crippen LogP contribution in [0.3, 0.4) is 0 Å². The lowest BCUT2D eigenvalue weighted by Crippen LogP contribution is -2.51. The quantitative estimate of drug-likeness (QED) is 0.637. The number of rotatable bonds is 2. The molecule has 1 amide bonds. The number of aromatic amines is 1. The molecule has 2 fully saturated rings. The Morgan fingerprint density at radius 2 is 1.93 bits per heavy atom. The second kappa shape index (κ2) is 5.94. The number of amides is 1. The summed E-state index contributed by atoms with van der Waals surface area (Å²) in [6, 6.07) is 10.0. The molecule has 8 nitrogen and oxygen atoms in total. The van der Waals surface area contributed by atoms with E-state index >= 15 is 0 Å². The van der Waals surface area contributed by atoms with Crippen LogP contribution in [0.25, 0.3) is 11.2 Å². The van der Waals surface area contributed by atoms with Gasteiger partial charge in [0.1, 0.15) is 5.52 Å². The van der Waals surface area contributed by atoms with Gasteiger partial charge in [0.15, 0.2) is 11.5 Å². The fourth-order valence-corrected chi connectivity index (χ4v) is 4.38. The molecule has 4 heterocycles. The van der Waals surface area contributed by atoms with Gasteiger partial charge in [-0.25, -0.2) is 4.98 Å². The van der Waals surface area contributed by atoms with Gasteiger partial charge in [-0.3, -0.25) is 4.79 Å². The molecule has 2 aliphatic heterocycles. The normalized spacial score (nSPS) is 21.7. The fourth-order valence-electron chi connectivity index (χ4n) is 4.38. The Hall–Kier alpha value is -3.16. The molecule has 0 bridgehead atoms. The molecular formula is C19H21N7O. The summed E-state index contributed by atoms with van der Waals surface area (Å²) in [7, 11) is 0. The molecule has 0 aliphatic carbocycles. The maximum absolute atomic E-state index is 12.6. The molecule has 0 saturated carbocycles. The maximum atomic E-state index is 12.6. The molecule has 27 heavy (non-hydrogen) atoms. The number of nitrogen functional groups attached to an aromatic ring is 1. The van der Waals surface area contributed by atoms with Gasteiger partial charge in [0.2, 0.25) is 11.9 Å². The number of aromatic nitrogens is 4. The van der Waals surface area contributed by atoms with Crippen molar-refractivity contribution in [1.29, 1.82) is 0 Å². The standard InChI is InChI=1S/C19H21N7O/c20-18-23-15-14(21-11-22-15)16(24-18)26-8-6-19(7-9-26)10-13(17(27)25-19)12-4-2-1-3-5-12/h1-5,11,13H,6-10H2,(H,25,27)(H3,20,21,22,23,24)/t13-/m1/s1. The number of piperidine rings is 1. The SMILES string of the molecule is Nc1nc(N2CCC3(CC2)C[C@H](c2ccccc2)C(=O)N3)c2[nH]cnc2n1. The van der Waals surface area contributed by atoms with Gasteiger partial charge in [0.05, 0.1) is 12.2 Å². The van der Waals surface area contributed by atoms with Crippen LogP contribution in [-0.2, 0) is 4.79 Å². The van der Waals surface area contributed by atoms with E-state index in [0.717, 1.165) is 49.2 Å². The number of hydrogen-bond acceptors (Lipinski definition) is 6. The van der Waals surface area contributed by atoms with Gasteiger partial charge in [0.25, 0.3) is 0 Å². The average molecular weight is 363 g/mol. The van der Waals surface area contributed by atoms with Crippen molar-refractivity contribution >= 4 is 28.8 Å². The minimum Gasteiger partial charge on any atom is -0.368 e. The number of carbonyl (C=O) groups is 1. The number of anilines is 2. The molecule has 138 valence electrons. The number of benzene rings is 1. The molecule has 4 N–H and O–H groups in total. The molecule has 3 aromatic rings. The zero-order valence-electron chi connectivity index (χ0n) is 14.9. The van der Waals surface area contributed by atoms with Gasteiger partial charge in [-0.1, -0.05) is 30.3 Å². The highest BCUT2D eigenvalue weighted by atomic mass is 16.2. The first-order valence-electron chi connectivity index (χ1n) is 9.22. The summed E-state index contributed by atoms with van der Waals surface area (Å²) in [5, 5.41) is 3.29. The van der Waals surface area contributed by atoms with Crippen LogP contribution in [0.1, 0.15) is 30.7 Å². The van der Waals surface area contributed by atoms with Crippen molar-refractivity contribution < 1.29 is 4.79 Å². The number of H-pyrrole nitrogens is 1. The Labute approximate surface area is 156 Å². The number of nitrogens with zero attached hydrogens (tertiary/aromatic N) is 4. The molecule has 0 radical (unpaired) electrons. The molecule has 1 aromatic carbocycles. The number of hydrogen-bond donors (Lipinski definition) is 3. The third-order valence-electron chi connectivity index (χ3n) is 5.81. The molecular weight excluding hydrogens is 342 g/mol. The summed E-state index contributed by atoms with van der Waals surface area (Å²) in [4.78, 5) is 30.7. The van der Waals surface area contributed by atoms with Crippen molar-refractivity contribution in [3.8, 4) is 0 Å². The monoisotopic (exact) mass is 363 g/mol. The Bertz CT molecular complexity index is 992. The molecule has 5 rings (SSSR count). The lowest BCUT2D eigenvalue weighted by Gasteiger charge is -2.39. The van der Waals surface area contributed by atoms with Gasteiger partial charge < -0.3 is 20.9 Å². The predicted molar refractivity (Wildman–Crippen MR) is 102 cm³/mol. The van der Waals surface area contributed by atoms with E-state index in [4.69, 9.17) is 5.73 Å². The highest BCUT2D eigenvalue weighted by Gasteiger charge is 2.46. The number of imidazole rings is 1. The molecule has 8 heteroatoms. The summed E-state index contributed by atoms with van der Waals surface area (Å²) in [5.41, 5.74) is 8.19. The second-order valence-corrected chi connectivity index (χ2v) is 7.43. The second-order valence-electron chi connectivity index (χ2n) is 7.43. The van der Waals surface area contributed by atoms with Crippen LogP contribution in [-0.4, -0.2) is 44.5 Å². The van der Waals surface area contributed by atoms with E-state index in [1.807, 2.05) is 30.3 Å². The van der Waals surface area contributed by atoms with E-state index in [0.29, 0.717) is 5.65 Å². The third kappa shape index (κ3) is 2.68. The van der Waals surface area contributed by atoms with Crippen molar-refractivity contribution in [1.82, 2.24) is 25.3 Å². The first kappa shape index (κ1) is 16.0. The zero-order valence-corrected chi connectivity index (χ0v) is 14.9. The fraction of sp³-hybridized carbons (Fsp3) is 0.368. The summed E-state index contributed by atoms with van der Waals surface area (Å²) in [5.74, 6) is 1.08.